The number of rotatable bonds is 8. The molecule has 0 N–H and O–H groups in total. The van der Waals surface area contributed by atoms with Gasteiger partial charge in [-0.25, -0.2) is 0 Å². The van der Waals surface area contributed by atoms with E-state index in [2.05, 4.69) is 12.1 Å². The van der Waals surface area contributed by atoms with Crippen LogP contribution in [0.5, 0.6) is 0 Å². The number of allylic oxidation sites excluding steroid dienone is 1. The van der Waals surface area contributed by atoms with Gasteiger partial charge in [0.15, 0.2) is 0 Å². The standard InChI is InChI=1S/C15H23O3P/c1-4-17-19(16,18-5-2)13-14(3)11-12-15-9-7-6-8-10-15/h6-10,13H,4-5,11-12H2,1-3H3/b14-13+. The van der Waals surface area contributed by atoms with Crippen LogP contribution in [0.3, 0.4) is 0 Å². The highest BCUT2D eigenvalue weighted by Gasteiger charge is 2.19. The quantitative estimate of drug-likeness (QED) is 0.643. The van der Waals surface area contributed by atoms with Crippen LogP contribution in [0.15, 0.2) is 41.7 Å². The Morgan fingerprint density at radius 2 is 1.74 bits per heavy atom. The normalized spacial score (nSPS) is 12.7. The first-order chi connectivity index (χ1) is 9.09. The Bertz CT molecular complexity index is 430. The molecular weight excluding hydrogens is 259 g/mol. The second-order valence-electron chi connectivity index (χ2n) is 4.34. The third-order valence-corrected chi connectivity index (χ3v) is 4.64. The summed E-state index contributed by atoms with van der Waals surface area (Å²) in [4.78, 5) is 0. The van der Waals surface area contributed by atoms with Gasteiger partial charge in [-0.15, -0.1) is 0 Å². The highest BCUT2D eigenvalue weighted by atomic mass is 31.2. The summed E-state index contributed by atoms with van der Waals surface area (Å²) in [5.41, 5.74) is 2.31. The molecule has 0 fully saturated rings. The van der Waals surface area contributed by atoms with Crippen molar-refractivity contribution in [1.82, 2.24) is 0 Å². The first-order valence-corrected chi connectivity index (χ1v) is 8.32. The number of benzene rings is 1. The van der Waals surface area contributed by atoms with Crippen LogP contribution in [-0.4, -0.2) is 13.2 Å². The van der Waals surface area contributed by atoms with Gasteiger partial charge in [-0.05, 0) is 39.2 Å². The van der Waals surface area contributed by atoms with E-state index in [9.17, 15) is 4.57 Å². The third-order valence-electron chi connectivity index (χ3n) is 2.65. The minimum atomic E-state index is -3.06. The first kappa shape index (κ1) is 16.2. The lowest BCUT2D eigenvalue weighted by atomic mass is 10.1. The van der Waals surface area contributed by atoms with Gasteiger partial charge in [-0.3, -0.25) is 4.57 Å². The number of hydrogen-bond donors (Lipinski definition) is 0. The van der Waals surface area contributed by atoms with Crippen molar-refractivity contribution in [3.05, 3.63) is 47.3 Å². The Hall–Kier alpha value is -0.890. The van der Waals surface area contributed by atoms with Gasteiger partial charge in [-0.1, -0.05) is 35.9 Å². The van der Waals surface area contributed by atoms with Crippen LogP contribution in [-0.2, 0) is 20.0 Å². The molecular formula is C15H23O3P. The Morgan fingerprint density at radius 1 is 1.16 bits per heavy atom. The van der Waals surface area contributed by atoms with Crippen molar-refractivity contribution in [1.29, 1.82) is 0 Å². The Labute approximate surface area is 116 Å². The van der Waals surface area contributed by atoms with Crippen LogP contribution in [0.2, 0.25) is 0 Å². The summed E-state index contributed by atoms with van der Waals surface area (Å²) in [6.45, 7) is 6.38. The van der Waals surface area contributed by atoms with Gasteiger partial charge in [0.1, 0.15) is 0 Å². The average molecular weight is 282 g/mol. The van der Waals surface area contributed by atoms with Gasteiger partial charge in [-0.2, -0.15) is 0 Å². The fourth-order valence-electron chi connectivity index (χ4n) is 1.79. The molecule has 0 saturated heterocycles. The number of hydrogen-bond acceptors (Lipinski definition) is 3. The Morgan fingerprint density at radius 3 is 2.26 bits per heavy atom. The topological polar surface area (TPSA) is 35.5 Å². The maximum absolute atomic E-state index is 12.3. The van der Waals surface area contributed by atoms with E-state index in [1.54, 1.807) is 5.82 Å². The first-order valence-electron chi connectivity index (χ1n) is 6.70. The molecule has 1 aromatic carbocycles. The molecule has 0 aliphatic rings. The molecule has 0 heterocycles. The monoisotopic (exact) mass is 282 g/mol. The average Bonchev–Trinajstić information content (AvgIpc) is 2.38. The minimum Gasteiger partial charge on any atom is -0.306 e. The Kier molecular flexibility index (Phi) is 7.07. The third kappa shape index (κ3) is 6.20. The molecule has 0 aliphatic carbocycles. The fourth-order valence-corrected chi connectivity index (χ4v) is 3.40. The van der Waals surface area contributed by atoms with Gasteiger partial charge in [0.25, 0.3) is 0 Å². The van der Waals surface area contributed by atoms with E-state index in [4.69, 9.17) is 9.05 Å². The number of aryl methyl sites for hydroxylation is 1. The second kappa shape index (κ2) is 8.31. The summed E-state index contributed by atoms with van der Waals surface area (Å²) in [6, 6.07) is 10.2. The zero-order valence-electron chi connectivity index (χ0n) is 12.0. The summed E-state index contributed by atoms with van der Waals surface area (Å²) >= 11 is 0. The van der Waals surface area contributed by atoms with Crippen molar-refractivity contribution in [2.24, 2.45) is 0 Å². The van der Waals surface area contributed by atoms with E-state index in [1.165, 1.54) is 5.56 Å². The smallest absolute Gasteiger partial charge is 0.306 e. The summed E-state index contributed by atoms with van der Waals surface area (Å²) in [7, 11) is -3.06. The van der Waals surface area contributed by atoms with Gasteiger partial charge in [0, 0.05) is 5.82 Å². The summed E-state index contributed by atoms with van der Waals surface area (Å²) < 4.78 is 22.8. The molecule has 0 atom stereocenters. The van der Waals surface area contributed by atoms with Gasteiger partial charge < -0.3 is 9.05 Å². The van der Waals surface area contributed by atoms with E-state index >= 15 is 0 Å². The molecule has 3 nitrogen and oxygen atoms in total. The van der Waals surface area contributed by atoms with Crippen molar-refractivity contribution in [3.8, 4) is 0 Å². The van der Waals surface area contributed by atoms with E-state index in [0.29, 0.717) is 13.2 Å². The molecule has 0 amide bonds. The lowest BCUT2D eigenvalue weighted by molar-refractivity contribution is 0.228. The molecule has 0 spiro atoms. The molecule has 0 unspecified atom stereocenters. The molecule has 0 bridgehead atoms. The molecule has 106 valence electrons. The molecule has 0 aromatic heterocycles. The van der Waals surface area contributed by atoms with Gasteiger partial charge in [0.2, 0.25) is 0 Å². The zero-order chi connectivity index (χ0) is 14.1. The Balaban J connectivity index is 2.61. The van der Waals surface area contributed by atoms with E-state index in [1.807, 2.05) is 39.0 Å². The van der Waals surface area contributed by atoms with Crippen LogP contribution in [0.25, 0.3) is 0 Å². The maximum Gasteiger partial charge on any atom is 0.354 e. The molecule has 1 aromatic rings. The zero-order valence-corrected chi connectivity index (χ0v) is 12.9. The van der Waals surface area contributed by atoms with Crippen molar-refractivity contribution in [2.45, 2.75) is 33.6 Å². The van der Waals surface area contributed by atoms with Crippen molar-refractivity contribution in [3.63, 3.8) is 0 Å². The lowest BCUT2D eigenvalue weighted by Gasteiger charge is -2.14. The van der Waals surface area contributed by atoms with Crippen LogP contribution in [0.1, 0.15) is 32.8 Å². The van der Waals surface area contributed by atoms with E-state index in [0.717, 1.165) is 18.4 Å². The largest absolute Gasteiger partial charge is 0.354 e. The molecule has 4 heteroatoms. The summed E-state index contributed by atoms with van der Waals surface area (Å²) in [5, 5.41) is 0. The highest BCUT2D eigenvalue weighted by Crippen LogP contribution is 2.50. The van der Waals surface area contributed by atoms with Crippen molar-refractivity contribution >= 4 is 7.60 Å². The van der Waals surface area contributed by atoms with E-state index in [-0.39, 0.29) is 0 Å². The van der Waals surface area contributed by atoms with Gasteiger partial charge >= 0.3 is 7.60 Å². The molecule has 0 saturated carbocycles. The minimum absolute atomic E-state index is 0.389. The SMILES string of the molecule is CCOP(=O)(/C=C(\C)CCc1ccccc1)OCC. The van der Waals surface area contributed by atoms with Crippen molar-refractivity contribution < 1.29 is 13.6 Å². The van der Waals surface area contributed by atoms with Gasteiger partial charge in [0.05, 0.1) is 13.2 Å². The summed E-state index contributed by atoms with van der Waals surface area (Å²) in [6.07, 6.45) is 1.79. The highest BCUT2D eigenvalue weighted by molar-refractivity contribution is 7.57. The van der Waals surface area contributed by atoms with Crippen LogP contribution in [0, 0.1) is 0 Å². The van der Waals surface area contributed by atoms with Crippen LogP contribution < -0.4 is 0 Å². The fraction of sp³-hybridized carbons (Fsp3) is 0.467. The predicted molar refractivity (Wildman–Crippen MR) is 79.4 cm³/mol. The molecule has 1 rings (SSSR count). The second-order valence-corrected chi connectivity index (χ2v) is 6.19. The van der Waals surface area contributed by atoms with Crippen molar-refractivity contribution in [2.75, 3.05) is 13.2 Å². The maximum atomic E-state index is 12.3. The molecule has 0 radical (unpaired) electrons. The summed E-state index contributed by atoms with van der Waals surface area (Å²) in [5.74, 6) is 1.66. The van der Waals surface area contributed by atoms with E-state index < -0.39 is 7.60 Å². The predicted octanol–water partition coefficient (Wildman–Crippen LogP) is 4.79. The van der Waals surface area contributed by atoms with Crippen LogP contribution in [0.4, 0.5) is 0 Å². The lowest BCUT2D eigenvalue weighted by Crippen LogP contribution is -1.94. The van der Waals surface area contributed by atoms with Crippen LogP contribution >= 0.6 is 7.60 Å². The molecule has 19 heavy (non-hydrogen) atoms. The molecule has 0 aliphatic heterocycles.